The lowest BCUT2D eigenvalue weighted by atomic mass is 10.1. The molecule has 2 amide bonds. The summed E-state index contributed by atoms with van der Waals surface area (Å²) >= 11 is 11.1. The third-order valence-electron chi connectivity index (χ3n) is 6.37. The molecule has 11 nitrogen and oxygen atoms in total. The average Bonchev–Trinajstić information content (AvgIpc) is 3.37. The van der Waals surface area contributed by atoms with E-state index in [4.69, 9.17) is 21.1 Å². The highest BCUT2D eigenvalue weighted by atomic mass is 79.9. The van der Waals surface area contributed by atoms with Crippen LogP contribution in [0.5, 0.6) is 11.5 Å². The van der Waals surface area contributed by atoms with Gasteiger partial charge in [-0.15, -0.1) is 11.3 Å². The number of halogens is 2. The molecule has 46 heavy (non-hydrogen) atoms. The van der Waals surface area contributed by atoms with Crippen LogP contribution in [0.25, 0.3) is 10.1 Å². The fraction of sp³-hybridized carbons (Fsp3) is 0.0625. The summed E-state index contributed by atoms with van der Waals surface area (Å²) in [5.41, 5.74) is 3.84. The van der Waals surface area contributed by atoms with Crippen LogP contribution >= 0.6 is 38.9 Å². The summed E-state index contributed by atoms with van der Waals surface area (Å²) in [6, 6.07) is 21.7. The van der Waals surface area contributed by atoms with Gasteiger partial charge in [0.25, 0.3) is 17.5 Å². The maximum Gasteiger partial charge on any atom is 0.355 e. The second kappa shape index (κ2) is 14.3. The molecule has 0 aliphatic carbocycles. The quantitative estimate of drug-likeness (QED) is 0.0490. The number of hydrogen-bond donors (Lipinski definition) is 2. The first kappa shape index (κ1) is 32.3. The minimum atomic E-state index is -0.617. The first-order chi connectivity index (χ1) is 22.1. The van der Waals surface area contributed by atoms with Crippen LogP contribution in [-0.4, -0.2) is 35.5 Å². The molecule has 1 heterocycles. The standard InChI is InChI=1S/C32H22BrClN4O7S/c1-2-44-26-15-18(3-14-25(26)45-32(41)29-28(34)24-13-8-21(33)16-27(24)46-29)17-35-37-31(40)20-4-9-22(10-5-20)36-30(39)19-6-11-23(12-7-19)38(42)43/h3-17H,2H2,1H3,(H,36,39)(H,37,40)/b35-17-. The van der Waals surface area contributed by atoms with E-state index in [2.05, 4.69) is 31.8 Å². The molecule has 2 N–H and O–H groups in total. The van der Waals surface area contributed by atoms with E-state index in [1.54, 1.807) is 37.3 Å². The van der Waals surface area contributed by atoms with Crippen molar-refractivity contribution in [1.29, 1.82) is 0 Å². The number of hydrogen-bond acceptors (Lipinski definition) is 9. The molecule has 0 atom stereocenters. The van der Waals surface area contributed by atoms with Gasteiger partial charge in [-0.25, -0.2) is 10.2 Å². The Balaban J connectivity index is 1.20. The van der Waals surface area contributed by atoms with Crippen molar-refractivity contribution in [2.24, 2.45) is 5.10 Å². The number of hydrazone groups is 1. The first-order valence-corrected chi connectivity index (χ1v) is 15.5. The SMILES string of the molecule is CCOc1cc(/C=N\NC(=O)c2ccc(NC(=O)c3ccc([N+](=O)[O-])cc3)cc2)ccc1OC(=O)c1sc2cc(Br)ccc2c1Cl. The number of carbonyl (C=O) groups is 3. The highest BCUT2D eigenvalue weighted by Gasteiger charge is 2.21. The molecule has 0 fully saturated rings. The van der Waals surface area contributed by atoms with Gasteiger partial charge < -0.3 is 14.8 Å². The summed E-state index contributed by atoms with van der Waals surface area (Å²) in [6.45, 7) is 2.10. The van der Waals surface area contributed by atoms with E-state index < -0.39 is 22.7 Å². The number of nitro groups is 1. The highest BCUT2D eigenvalue weighted by Crippen LogP contribution is 2.38. The van der Waals surface area contributed by atoms with Gasteiger partial charge in [-0.05, 0) is 79.2 Å². The van der Waals surface area contributed by atoms with Crippen molar-refractivity contribution in [3.8, 4) is 11.5 Å². The maximum absolute atomic E-state index is 13.0. The molecule has 0 unspecified atom stereocenters. The van der Waals surface area contributed by atoms with Crippen molar-refractivity contribution in [1.82, 2.24) is 5.43 Å². The Bertz CT molecular complexity index is 2000. The van der Waals surface area contributed by atoms with Gasteiger partial charge in [0.15, 0.2) is 11.5 Å². The molecule has 5 rings (SSSR count). The molecular weight excluding hydrogens is 700 g/mol. The third kappa shape index (κ3) is 7.57. The molecule has 14 heteroatoms. The Kier molecular flexibility index (Phi) is 10.1. The van der Waals surface area contributed by atoms with E-state index >= 15 is 0 Å². The molecule has 4 aromatic carbocycles. The number of anilines is 1. The summed E-state index contributed by atoms with van der Waals surface area (Å²) in [6.07, 6.45) is 1.41. The summed E-state index contributed by atoms with van der Waals surface area (Å²) in [5, 5.41) is 18.5. The predicted molar refractivity (Wildman–Crippen MR) is 180 cm³/mol. The lowest BCUT2D eigenvalue weighted by molar-refractivity contribution is -0.384. The van der Waals surface area contributed by atoms with Crippen LogP contribution in [0.15, 0.2) is 94.5 Å². The predicted octanol–water partition coefficient (Wildman–Crippen LogP) is 7.86. The molecule has 0 saturated heterocycles. The zero-order valence-electron chi connectivity index (χ0n) is 23.8. The van der Waals surface area contributed by atoms with Gasteiger partial charge in [-0.1, -0.05) is 33.6 Å². The molecule has 232 valence electrons. The monoisotopic (exact) mass is 720 g/mol. The van der Waals surface area contributed by atoms with E-state index in [1.807, 2.05) is 18.2 Å². The van der Waals surface area contributed by atoms with Crippen LogP contribution < -0.4 is 20.2 Å². The van der Waals surface area contributed by atoms with Gasteiger partial charge in [0.05, 0.1) is 22.8 Å². The fourth-order valence-corrected chi connectivity index (χ4v) is 6.08. The van der Waals surface area contributed by atoms with E-state index in [-0.39, 0.29) is 27.4 Å². The first-order valence-electron chi connectivity index (χ1n) is 13.5. The van der Waals surface area contributed by atoms with E-state index in [9.17, 15) is 24.5 Å². The van der Waals surface area contributed by atoms with Crippen LogP contribution in [0.1, 0.15) is 42.9 Å². The zero-order valence-corrected chi connectivity index (χ0v) is 26.9. The van der Waals surface area contributed by atoms with Gasteiger partial charge >= 0.3 is 5.97 Å². The molecule has 0 spiro atoms. The van der Waals surface area contributed by atoms with Gasteiger partial charge in [0.1, 0.15) is 4.88 Å². The van der Waals surface area contributed by atoms with Crippen LogP contribution in [0.3, 0.4) is 0 Å². The fourth-order valence-electron chi connectivity index (χ4n) is 4.15. The number of non-ortho nitro benzene ring substituents is 1. The molecule has 0 aliphatic heterocycles. The summed E-state index contributed by atoms with van der Waals surface area (Å²) in [5.74, 6) is -1.07. The number of nitro benzene ring substituents is 1. The van der Waals surface area contributed by atoms with E-state index in [0.29, 0.717) is 28.6 Å². The van der Waals surface area contributed by atoms with Crippen molar-refractivity contribution >= 4 is 84.3 Å². The number of thiophene rings is 1. The van der Waals surface area contributed by atoms with Gasteiger partial charge in [0, 0.05) is 43.5 Å². The second-order valence-electron chi connectivity index (χ2n) is 9.45. The Hall–Kier alpha value is -5.11. The van der Waals surface area contributed by atoms with Crippen molar-refractivity contribution < 1.29 is 28.8 Å². The number of ether oxygens (including phenoxy) is 2. The van der Waals surface area contributed by atoms with Crippen molar-refractivity contribution in [2.45, 2.75) is 6.92 Å². The third-order valence-corrected chi connectivity index (χ3v) is 8.50. The minimum absolute atomic E-state index is 0.120. The van der Waals surface area contributed by atoms with E-state index in [1.165, 1.54) is 53.9 Å². The molecule has 0 radical (unpaired) electrons. The minimum Gasteiger partial charge on any atom is -0.490 e. The Labute approximate surface area is 279 Å². The number of amides is 2. The number of nitrogens with one attached hydrogen (secondary N) is 2. The Morgan fingerprint density at radius 3 is 2.35 bits per heavy atom. The summed E-state index contributed by atoms with van der Waals surface area (Å²) < 4.78 is 13.0. The second-order valence-corrected chi connectivity index (χ2v) is 11.8. The zero-order chi connectivity index (χ0) is 32.8. The highest BCUT2D eigenvalue weighted by molar-refractivity contribution is 9.10. The largest absolute Gasteiger partial charge is 0.490 e. The van der Waals surface area contributed by atoms with Crippen LogP contribution in [0.2, 0.25) is 5.02 Å². The lowest BCUT2D eigenvalue weighted by Crippen LogP contribution is -2.18. The summed E-state index contributed by atoms with van der Waals surface area (Å²) in [7, 11) is 0. The van der Waals surface area contributed by atoms with Gasteiger partial charge in [-0.3, -0.25) is 19.7 Å². The van der Waals surface area contributed by atoms with Crippen LogP contribution in [0, 0.1) is 10.1 Å². The number of nitrogens with zero attached hydrogens (tertiary/aromatic N) is 2. The number of fused-ring (bicyclic) bond motifs is 1. The van der Waals surface area contributed by atoms with Crippen LogP contribution in [-0.2, 0) is 0 Å². The average molecular weight is 722 g/mol. The number of esters is 1. The molecule has 0 bridgehead atoms. The smallest absolute Gasteiger partial charge is 0.355 e. The number of benzene rings is 4. The molecular formula is C32H22BrClN4O7S. The maximum atomic E-state index is 13.0. The molecule has 0 aliphatic rings. The number of carbonyl (C=O) groups excluding carboxylic acids is 3. The normalized spacial score (nSPS) is 10.9. The summed E-state index contributed by atoms with van der Waals surface area (Å²) in [4.78, 5) is 48.6. The molecule has 5 aromatic rings. The lowest BCUT2D eigenvalue weighted by Gasteiger charge is -2.11. The van der Waals surface area contributed by atoms with Gasteiger partial charge in [-0.2, -0.15) is 5.10 Å². The topological polar surface area (TPSA) is 149 Å². The Morgan fingerprint density at radius 2 is 1.65 bits per heavy atom. The Morgan fingerprint density at radius 1 is 0.957 bits per heavy atom. The molecule has 0 saturated carbocycles. The van der Waals surface area contributed by atoms with Crippen molar-refractivity contribution in [2.75, 3.05) is 11.9 Å². The molecule has 1 aromatic heterocycles. The van der Waals surface area contributed by atoms with Crippen molar-refractivity contribution in [3.05, 3.63) is 126 Å². The van der Waals surface area contributed by atoms with E-state index in [0.717, 1.165) is 14.6 Å². The van der Waals surface area contributed by atoms with Crippen molar-refractivity contribution in [3.63, 3.8) is 0 Å². The van der Waals surface area contributed by atoms with Gasteiger partial charge in [0.2, 0.25) is 0 Å². The van der Waals surface area contributed by atoms with Crippen LogP contribution in [0.4, 0.5) is 11.4 Å². The number of rotatable bonds is 10.